The highest BCUT2D eigenvalue weighted by atomic mass is 15.4. The Morgan fingerprint density at radius 3 is 2.00 bits per heavy atom. The van der Waals surface area contributed by atoms with Crippen molar-refractivity contribution in [1.82, 2.24) is 0 Å². The number of hydrogen-bond donors (Lipinski definition) is 0. The molecule has 0 bridgehead atoms. The third kappa shape index (κ3) is 3.95. The Kier molecular flexibility index (Phi) is 6.49. The molecule has 0 fully saturated rings. The van der Waals surface area contributed by atoms with Gasteiger partial charge in [0.25, 0.3) is 0 Å². The van der Waals surface area contributed by atoms with Crippen molar-refractivity contribution in [2.45, 2.75) is 65.7 Å². The van der Waals surface area contributed by atoms with Crippen LogP contribution in [0.2, 0.25) is 0 Å². The van der Waals surface area contributed by atoms with Gasteiger partial charge in [0.15, 0.2) is 0 Å². The van der Waals surface area contributed by atoms with Crippen molar-refractivity contribution in [3.05, 3.63) is 12.4 Å². The smallest absolute Gasteiger partial charge is 0.207 e. The van der Waals surface area contributed by atoms with E-state index in [9.17, 15) is 0 Å². The summed E-state index contributed by atoms with van der Waals surface area (Å²) in [6.45, 7) is 9.28. The number of amidine groups is 1. The van der Waals surface area contributed by atoms with Gasteiger partial charge in [-0.05, 0) is 25.7 Å². The third-order valence-corrected chi connectivity index (χ3v) is 3.73. The molecule has 0 aliphatic carbocycles. The molecule has 1 heterocycles. The Labute approximate surface area is 107 Å². The quantitative estimate of drug-likeness (QED) is 0.414. The molecule has 0 aromatic rings. The first-order valence-electron chi connectivity index (χ1n) is 7.40. The SMILES string of the molecule is CCCCC[N+]1(CCCCC)C=CN=C1CC. The molecule has 98 valence electrons. The van der Waals surface area contributed by atoms with Crippen LogP contribution >= 0.6 is 0 Å². The van der Waals surface area contributed by atoms with Crippen LogP contribution in [0.3, 0.4) is 0 Å². The van der Waals surface area contributed by atoms with Gasteiger partial charge >= 0.3 is 0 Å². The summed E-state index contributed by atoms with van der Waals surface area (Å²) in [6, 6.07) is 0. The van der Waals surface area contributed by atoms with Gasteiger partial charge in [0, 0.05) is 6.42 Å². The molecular formula is C15H29N2+. The van der Waals surface area contributed by atoms with Crippen molar-refractivity contribution in [2.75, 3.05) is 13.1 Å². The Morgan fingerprint density at radius 1 is 0.941 bits per heavy atom. The normalized spacial score (nSPS) is 17.5. The van der Waals surface area contributed by atoms with Gasteiger partial charge in [0.2, 0.25) is 5.84 Å². The molecule has 0 saturated carbocycles. The van der Waals surface area contributed by atoms with E-state index < -0.39 is 0 Å². The molecule has 0 atom stereocenters. The molecule has 2 heteroatoms. The molecule has 2 nitrogen and oxygen atoms in total. The van der Waals surface area contributed by atoms with Crippen LogP contribution in [0.15, 0.2) is 17.4 Å². The van der Waals surface area contributed by atoms with Crippen LogP contribution < -0.4 is 0 Å². The highest BCUT2D eigenvalue weighted by Crippen LogP contribution is 2.22. The summed E-state index contributed by atoms with van der Waals surface area (Å²) < 4.78 is 1.05. The molecule has 0 spiro atoms. The van der Waals surface area contributed by atoms with Crippen molar-refractivity contribution < 1.29 is 4.48 Å². The van der Waals surface area contributed by atoms with Crippen molar-refractivity contribution in [2.24, 2.45) is 4.99 Å². The van der Waals surface area contributed by atoms with Crippen molar-refractivity contribution >= 4 is 5.84 Å². The first-order chi connectivity index (χ1) is 8.29. The summed E-state index contributed by atoms with van der Waals surface area (Å²) in [5, 5.41) is 0. The maximum Gasteiger partial charge on any atom is 0.207 e. The number of hydrogen-bond acceptors (Lipinski definition) is 1. The van der Waals surface area contributed by atoms with E-state index in [-0.39, 0.29) is 0 Å². The van der Waals surface area contributed by atoms with Crippen LogP contribution in [0.1, 0.15) is 65.7 Å². The van der Waals surface area contributed by atoms with E-state index in [1.54, 1.807) is 0 Å². The first kappa shape index (κ1) is 14.4. The highest BCUT2D eigenvalue weighted by Gasteiger charge is 2.32. The van der Waals surface area contributed by atoms with Crippen LogP contribution in [0.25, 0.3) is 0 Å². The Balaban J connectivity index is 2.57. The summed E-state index contributed by atoms with van der Waals surface area (Å²) in [5.74, 6) is 1.37. The zero-order chi connectivity index (χ0) is 12.6. The fraction of sp³-hybridized carbons (Fsp3) is 0.800. The second kappa shape index (κ2) is 7.65. The van der Waals surface area contributed by atoms with E-state index in [0.717, 1.165) is 10.9 Å². The topological polar surface area (TPSA) is 12.4 Å². The monoisotopic (exact) mass is 237 g/mol. The molecule has 1 rings (SSSR count). The molecule has 0 radical (unpaired) electrons. The van der Waals surface area contributed by atoms with Gasteiger partial charge in [-0.3, -0.25) is 4.48 Å². The average Bonchev–Trinajstić information content (AvgIpc) is 2.73. The second-order valence-electron chi connectivity index (χ2n) is 5.09. The van der Waals surface area contributed by atoms with E-state index in [1.165, 1.54) is 57.5 Å². The number of nitrogens with zero attached hydrogens (tertiary/aromatic N) is 2. The summed E-state index contributed by atoms with van der Waals surface area (Å²) in [5.41, 5.74) is 0. The van der Waals surface area contributed by atoms with Gasteiger partial charge in [-0.15, -0.1) is 0 Å². The molecule has 0 aromatic heterocycles. The van der Waals surface area contributed by atoms with Gasteiger partial charge in [0.1, 0.15) is 6.20 Å². The zero-order valence-corrected chi connectivity index (χ0v) is 11.9. The summed E-state index contributed by atoms with van der Waals surface area (Å²) >= 11 is 0. The van der Waals surface area contributed by atoms with Gasteiger partial charge in [0.05, 0.1) is 19.3 Å². The average molecular weight is 237 g/mol. The summed E-state index contributed by atoms with van der Waals surface area (Å²) in [7, 11) is 0. The van der Waals surface area contributed by atoms with Crippen LogP contribution in [-0.4, -0.2) is 23.4 Å². The molecule has 0 aromatic carbocycles. The molecule has 17 heavy (non-hydrogen) atoms. The van der Waals surface area contributed by atoms with Crippen molar-refractivity contribution in [3.63, 3.8) is 0 Å². The Bertz CT molecular complexity index is 256. The summed E-state index contributed by atoms with van der Waals surface area (Å²) in [4.78, 5) is 4.57. The van der Waals surface area contributed by atoms with Crippen LogP contribution in [0.4, 0.5) is 0 Å². The Morgan fingerprint density at radius 2 is 1.53 bits per heavy atom. The van der Waals surface area contributed by atoms with E-state index in [4.69, 9.17) is 0 Å². The number of aliphatic imine (C=N–C) groups is 1. The molecule has 0 N–H and O–H groups in total. The van der Waals surface area contributed by atoms with E-state index in [0.29, 0.717) is 0 Å². The minimum Gasteiger partial charge on any atom is -0.251 e. The predicted molar refractivity (Wildman–Crippen MR) is 75.9 cm³/mol. The Hall–Kier alpha value is -0.630. The highest BCUT2D eigenvalue weighted by molar-refractivity contribution is 5.77. The lowest BCUT2D eigenvalue weighted by Gasteiger charge is -2.32. The summed E-state index contributed by atoms with van der Waals surface area (Å²) in [6.07, 6.45) is 13.4. The van der Waals surface area contributed by atoms with E-state index >= 15 is 0 Å². The second-order valence-corrected chi connectivity index (χ2v) is 5.09. The van der Waals surface area contributed by atoms with Crippen molar-refractivity contribution in [3.8, 4) is 0 Å². The largest absolute Gasteiger partial charge is 0.251 e. The van der Waals surface area contributed by atoms with E-state index in [1.807, 2.05) is 6.20 Å². The maximum atomic E-state index is 4.57. The number of unbranched alkanes of at least 4 members (excludes halogenated alkanes) is 4. The van der Waals surface area contributed by atoms with Crippen LogP contribution in [0, 0.1) is 0 Å². The molecule has 0 saturated heterocycles. The van der Waals surface area contributed by atoms with Gasteiger partial charge in [-0.25, -0.2) is 4.99 Å². The molecule has 1 aliphatic heterocycles. The van der Waals surface area contributed by atoms with Crippen LogP contribution in [0.5, 0.6) is 0 Å². The zero-order valence-electron chi connectivity index (χ0n) is 11.9. The molecular weight excluding hydrogens is 208 g/mol. The lowest BCUT2D eigenvalue weighted by Crippen LogP contribution is -2.47. The predicted octanol–water partition coefficient (Wildman–Crippen LogP) is 4.48. The van der Waals surface area contributed by atoms with Gasteiger partial charge < -0.3 is 0 Å². The first-order valence-corrected chi connectivity index (χ1v) is 7.40. The molecule has 0 unspecified atom stereocenters. The third-order valence-electron chi connectivity index (χ3n) is 3.73. The lowest BCUT2D eigenvalue weighted by atomic mass is 10.1. The minimum atomic E-state index is 1.05. The van der Waals surface area contributed by atoms with Gasteiger partial charge in [-0.2, -0.15) is 0 Å². The molecule has 0 amide bonds. The maximum absolute atomic E-state index is 4.57. The standard InChI is InChI=1S/C15H29N2/c1-4-7-9-12-17(13-10-8-5-2)14-11-16-15(17)6-3/h11,14H,4-10,12-13H2,1-3H3/q+1. The van der Waals surface area contributed by atoms with Gasteiger partial charge in [-0.1, -0.05) is 33.6 Å². The fourth-order valence-corrected chi connectivity index (χ4v) is 2.66. The van der Waals surface area contributed by atoms with Crippen LogP contribution in [-0.2, 0) is 0 Å². The number of quaternary nitrogens is 1. The number of rotatable bonds is 9. The van der Waals surface area contributed by atoms with Crippen molar-refractivity contribution in [1.29, 1.82) is 0 Å². The fourth-order valence-electron chi connectivity index (χ4n) is 2.66. The lowest BCUT2D eigenvalue weighted by molar-refractivity contribution is -0.788. The minimum absolute atomic E-state index is 1.05. The molecule has 1 aliphatic rings. The van der Waals surface area contributed by atoms with E-state index in [2.05, 4.69) is 32.0 Å².